The van der Waals surface area contributed by atoms with Gasteiger partial charge in [-0.15, -0.1) is 0 Å². The summed E-state index contributed by atoms with van der Waals surface area (Å²) in [7, 11) is -4.49. The lowest BCUT2D eigenvalue weighted by molar-refractivity contribution is -0.387. The minimum Gasteiger partial charge on any atom is -0.429 e. The molecule has 0 N–H and O–H groups in total. The molecule has 1 aromatic rings. The van der Waals surface area contributed by atoms with Crippen molar-refractivity contribution in [2.75, 3.05) is 0 Å². The number of nitrogens with zero attached hydrogens (tertiary/aromatic N) is 1. The van der Waals surface area contributed by atoms with Crippen molar-refractivity contribution in [2.24, 2.45) is 0 Å². The predicted molar refractivity (Wildman–Crippen MR) is 78.8 cm³/mol. The van der Waals surface area contributed by atoms with Crippen molar-refractivity contribution in [2.45, 2.75) is 24.3 Å². The first kappa shape index (κ1) is 16.8. The van der Waals surface area contributed by atoms with E-state index in [0.29, 0.717) is 12.2 Å². The molecule has 122 valence electrons. The molecule has 0 bridgehead atoms. The van der Waals surface area contributed by atoms with Crippen molar-refractivity contribution in [1.82, 2.24) is 0 Å². The first-order valence-electron chi connectivity index (χ1n) is 6.55. The number of rotatable bonds is 6. The van der Waals surface area contributed by atoms with E-state index in [1.807, 2.05) is 0 Å². The number of benzene rings is 1. The predicted octanol–water partition coefficient (Wildman–Crippen LogP) is 2.08. The fraction of sp³-hybridized carbons (Fsp3) is 0.214. The van der Waals surface area contributed by atoms with Gasteiger partial charge in [0.05, 0.1) is 4.92 Å². The summed E-state index contributed by atoms with van der Waals surface area (Å²) in [5.41, 5.74) is -0.629. The molecule has 1 aliphatic rings. The van der Waals surface area contributed by atoms with Crippen LogP contribution >= 0.6 is 0 Å². The molecule has 1 aromatic carbocycles. The van der Waals surface area contributed by atoms with E-state index in [-0.39, 0.29) is 0 Å². The highest BCUT2D eigenvalue weighted by Gasteiger charge is 2.31. The Balaban J connectivity index is 2.14. The fourth-order valence-corrected chi connectivity index (χ4v) is 3.02. The Hall–Kier alpha value is -2.52. The summed E-state index contributed by atoms with van der Waals surface area (Å²) in [6, 6.07) is 4.72. The molecule has 1 aliphatic carbocycles. The molecule has 8 nitrogen and oxygen atoms in total. The highest BCUT2D eigenvalue weighted by molar-refractivity contribution is 7.87. The molecule has 1 atom stereocenters. The molecule has 23 heavy (non-hydrogen) atoms. The first-order valence-corrected chi connectivity index (χ1v) is 7.96. The number of esters is 1. The summed E-state index contributed by atoms with van der Waals surface area (Å²) in [5.74, 6) is -0.532. The van der Waals surface area contributed by atoms with Gasteiger partial charge in [-0.2, -0.15) is 8.42 Å². The van der Waals surface area contributed by atoms with Crippen molar-refractivity contribution in [3.05, 3.63) is 58.4 Å². The van der Waals surface area contributed by atoms with Gasteiger partial charge in [-0.25, -0.2) is 4.79 Å². The maximum Gasteiger partial charge on any atom is 0.341 e. The van der Waals surface area contributed by atoms with Gasteiger partial charge < -0.3 is 4.74 Å². The molecule has 0 aliphatic heterocycles. The van der Waals surface area contributed by atoms with Gasteiger partial charge in [0, 0.05) is 12.5 Å². The summed E-state index contributed by atoms with van der Waals surface area (Å²) >= 11 is 0. The number of ether oxygens (including phenoxy) is 1. The minimum absolute atomic E-state index is 0.369. The van der Waals surface area contributed by atoms with Crippen LogP contribution in [0.5, 0.6) is 0 Å². The molecule has 0 saturated carbocycles. The molecule has 9 heteroatoms. The topological polar surface area (TPSA) is 113 Å². The van der Waals surface area contributed by atoms with Crippen LogP contribution in [-0.4, -0.2) is 25.4 Å². The zero-order chi connectivity index (χ0) is 17.0. The second-order valence-electron chi connectivity index (χ2n) is 4.60. The standard InChI is InChI=1S/C14H13NO7S/c1-10(14(16)21-11-6-2-3-7-11)22-23(19,20)13-9-5-4-8-12(13)15(17)18/h2-6,8-10H,7H2,1H3/t10-/m1/s1. The van der Waals surface area contributed by atoms with Gasteiger partial charge in [-0.3, -0.25) is 14.3 Å². The highest BCUT2D eigenvalue weighted by atomic mass is 32.2. The fourth-order valence-electron chi connectivity index (χ4n) is 1.82. The number of hydrogen-bond acceptors (Lipinski definition) is 7. The summed E-state index contributed by atoms with van der Waals surface area (Å²) in [6.45, 7) is 1.19. The Bertz CT molecular complexity index is 795. The van der Waals surface area contributed by atoms with Crippen molar-refractivity contribution >= 4 is 21.8 Å². The molecule has 0 spiro atoms. The van der Waals surface area contributed by atoms with Crippen molar-refractivity contribution in [3.8, 4) is 0 Å². The van der Waals surface area contributed by atoms with E-state index < -0.39 is 37.7 Å². The Morgan fingerprint density at radius 3 is 2.65 bits per heavy atom. The summed E-state index contributed by atoms with van der Waals surface area (Å²) in [5, 5.41) is 10.9. The molecular formula is C14H13NO7S. The van der Waals surface area contributed by atoms with Crippen LogP contribution in [0.3, 0.4) is 0 Å². The second-order valence-corrected chi connectivity index (χ2v) is 6.14. The van der Waals surface area contributed by atoms with E-state index in [2.05, 4.69) is 0 Å². The third kappa shape index (κ3) is 4.02. The van der Waals surface area contributed by atoms with Gasteiger partial charge in [0.25, 0.3) is 5.69 Å². The van der Waals surface area contributed by atoms with E-state index >= 15 is 0 Å². The molecule has 0 unspecified atom stereocenters. The number of nitro benzene ring substituents is 1. The highest BCUT2D eigenvalue weighted by Crippen LogP contribution is 2.26. The van der Waals surface area contributed by atoms with Crippen molar-refractivity contribution < 1.29 is 27.1 Å². The minimum atomic E-state index is -4.49. The number of nitro groups is 1. The smallest absolute Gasteiger partial charge is 0.341 e. The largest absolute Gasteiger partial charge is 0.429 e. The van der Waals surface area contributed by atoms with Crippen LogP contribution in [0.25, 0.3) is 0 Å². The van der Waals surface area contributed by atoms with E-state index in [0.717, 1.165) is 12.1 Å². The Labute approximate surface area is 132 Å². The van der Waals surface area contributed by atoms with Gasteiger partial charge in [-0.05, 0) is 19.1 Å². The van der Waals surface area contributed by atoms with Crippen LogP contribution in [0, 0.1) is 10.1 Å². The third-order valence-electron chi connectivity index (χ3n) is 2.90. The first-order chi connectivity index (χ1) is 10.8. The molecule has 2 rings (SSSR count). The quantitative estimate of drug-likeness (QED) is 0.337. The normalized spacial score (nSPS) is 15.1. The zero-order valence-electron chi connectivity index (χ0n) is 12.0. The van der Waals surface area contributed by atoms with E-state index in [1.54, 1.807) is 18.2 Å². The van der Waals surface area contributed by atoms with Crippen molar-refractivity contribution in [3.63, 3.8) is 0 Å². The van der Waals surface area contributed by atoms with Gasteiger partial charge in [0.2, 0.25) is 0 Å². The molecule has 0 aromatic heterocycles. The Morgan fingerprint density at radius 2 is 2.04 bits per heavy atom. The molecular weight excluding hydrogens is 326 g/mol. The number of carbonyl (C=O) groups is 1. The maximum atomic E-state index is 12.1. The summed E-state index contributed by atoms with van der Waals surface area (Å²) in [4.78, 5) is 21.3. The molecule has 0 heterocycles. The zero-order valence-corrected chi connectivity index (χ0v) is 12.9. The van der Waals surface area contributed by atoms with Crippen LogP contribution in [0.2, 0.25) is 0 Å². The van der Waals surface area contributed by atoms with E-state index in [4.69, 9.17) is 8.92 Å². The average Bonchev–Trinajstić information content (AvgIpc) is 2.99. The lowest BCUT2D eigenvalue weighted by atomic mass is 10.3. The Morgan fingerprint density at radius 1 is 1.35 bits per heavy atom. The number of hydrogen-bond donors (Lipinski definition) is 0. The van der Waals surface area contributed by atoms with E-state index in [1.165, 1.54) is 19.1 Å². The van der Waals surface area contributed by atoms with E-state index in [9.17, 15) is 23.3 Å². The maximum absolute atomic E-state index is 12.1. The van der Waals surface area contributed by atoms with Gasteiger partial charge in [-0.1, -0.05) is 24.3 Å². The summed E-state index contributed by atoms with van der Waals surface area (Å²) in [6.07, 6.45) is 4.01. The second kappa shape index (κ2) is 6.71. The van der Waals surface area contributed by atoms with Crippen LogP contribution in [0.4, 0.5) is 5.69 Å². The van der Waals surface area contributed by atoms with Crippen LogP contribution < -0.4 is 0 Å². The lowest BCUT2D eigenvalue weighted by Crippen LogP contribution is -2.26. The third-order valence-corrected chi connectivity index (χ3v) is 4.33. The Kier molecular flexibility index (Phi) is 4.92. The molecule has 0 amide bonds. The lowest BCUT2D eigenvalue weighted by Gasteiger charge is -2.13. The number of allylic oxidation sites excluding steroid dienone is 3. The van der Waals surface area contributed by atoms with Gasteiger partial charge >= 0.3 is 16.1 Å². The van der Waals surface area contributed by atoms with Gasteiger partial charge in [0.15, 0.2) is 11.0 Å². The molecule has 0 saturated heterocycles. The van der Waals surface area contributed by atoms with Crippen LogP contribution in [0.15, 0.2) is 53.1 Å². The summed E-state index contributed by atoms with van der Waals surface area (Å²) < 4.78 is 34.0. The number of para-hydroxylation sites is 1. The van der Waals surface area contributed by atoms with Crippen LogP contribution in [-0.2, 0) is 23.8 Å². The molecule has 0 fully saturated rings. The monoisotopic (exact) mass is 339 g/mol. The van der Waals surface area contributed by atoms with Gasteiger partial charge in [0.1, 0.15) is 5.76 Å². The van der Waals surface area contributed by atoms with Crippen molar-refractivity contribution in [1.29, 1.82) is 0 Å². The SMILES string of the molecule is C[C@@H](OS(=O)(=O)c1ccccc1[N+](=O)[O-])C(=O)OC1=CC=CC1. The number of carbonyl (C=O) groups excluding carboxylic acids is 1. The van der Waals surface area contributed by atoms with Crippen LogP contribution in [0.1, 0.15) is 13.3 Å². The molecule has 0 radical (unpaired) electrons. The average molecular weight is 339 g/mol.